The van der Waals surface area contributed by atoms with Crippen LogP contribution >= 0.6 is 23.2 Å². The van der Waals surface area contributed by atoms with Crippen LogP contribution in [0.1, 0.15) is 55.7 Å². The van der Waals surface area contributed by atoms with E-state index in [1.165, 1.54) is 35.4 Å². The third kappa shape index (κ3) is 7.86. The van der Waals surface area contributed by atoms with Gasteiger partial charge in [-0.2, -0.15) is 5.26 Å². The summed E-state index contributed by atoms with van der Waals surface area (Å²) in [6.45, 7) is 6.08. The molecule has 0 saturated carbocycles. The zero-order valence-electron chi connectivity index (χ0n) is 27.6. The summed E-state index contributed by atoms with van der Waals surface area (Å²) in [6.07, 6.45) is 2.35. The van der Waals surface area contributed by atoms with Crippen molar-refractivity contribution < 1.29 is 23.8 Å². The summed E-state index contributed by atoms with van der Waals surface area (Å²) < 4.78 is 32.1. The van der Waals surface area contributed by atoms with Crippen molar-refractivity contribution in [2.75, 3.05) is 26.2 Å². The Balaban J connectivity index is 1.56. The van der Waals surface area contributed by atoms with Gasteiger partial charge in [0.1, 0.15) is 17.0 Å². The van der Waals surface area contributed by atoms with E-state index >= 15 is 8.78 Å². The van der Waals surface area contributed by atoms with Gasteiger partial charge in [0.25, 0.3) is 0 Å². The Morgan fingerprint density at radius 1 is 1.16 bits per heavy atom. The topological polar surface area (TPSA) is 109 Å². The number of halogens is 4. The molecule has 1 saturated heterocycles. The number of amides is 1. The summed E-state index contributed by atoms with van der Waals surface area (Å²) in [7, 11) is 0. The van der Waals surface area contributed by atoms with Crippen LogP contribution in [-0.4, -0.2) is 65.4 Å². The Hall–Kier alpha value is -3.36. The van der Waals surface area contributed by atoms with Crippen molar-refractivity contribution in [3.63, 3.8) is 0 Å². The van der Waals surface area contributed by atoms with Crippen LogP contribution in [-0.2, 0) is 16.8 Å². The lowest BCUT2D eigenvalue weighted by Crippen LogP contribution is -2.46. The Bertz CT molecular complexity index is 1720. The number of aliphatic hydroxyl groups is 2. The Kier molecular flexibility index (Phi) is 11.8. The minimum Gasteiger partial charge on any atom is -0.394 e. The van der Waals surface area contributed by atoms with Crippen molar-refractivity contribution in [2.45, 2.75) is 69.2 Å². The molecule has 0 aliphatic carbocycles. The lowest BCUT2D eigenvalue weighted by Gasteiger charge is -2.40. The van der Waals surface area contributed by atoms with Crippen LogP contribution < -0.4 is 10.6 Å². The molecule has 11 heteroatoms. The van der Waals surface area contributed by atoms with Crippen molar-refractivity contribution in [3.05, 3.63) is 117 Å². The molecule has 0 spiro atoms. The maximum absolute atomic E-state index is 16.1. The van der Waals surface area contributed by atoms with Gasteiger partial charge in [-0.3, -0.25) is 9.69 Å². The van der Waals surface area contributed by atoms with Gasteiger partial charge in [0.05, 0.1) is 29.8 Å². The number of rotatable bonds is 12. The lowest BCUT2D eigenvalue weighted by molar-refractivity contribution is -0.123. The summed E-state index contributed by atoms with van der Waals surface area (Å²) in [5.74, 6) is -3.31. The second-order valence-electron chi connectivity index (χ2n) is 13.6. The SMILES string of the molecule is CC(C)(C[C@@H]1N[C@@H](C(=O)NCC[C@H](O)CO)[C@H](c2cccc(Cl)c2F)[C@@]1(C#N)c1ccc(Cl)cc1F)C1=CCN(Cc2ccccc2)CC1. The number of carbonyl (C=O) groups excluding carboxylic acids is 1. The first-order valence-corrected chi connectivity index (χ1v) is 17.3. The summed E-state index contributed by atoms with van der Waals surface area (Å²) >= 11 is 12.4. The molecule has 3 aromatic rings. The number of carbonyl (C=O) groups is 1. The number of benzene rings is 3. The number of hydrogen-bond donors (Lipinski definition) is 4. The molecule has 3 aromatic carbocycles. The van der Waals surface area contributed by atoms with E-state index in [-0.39, 0.29) is 34.1 Å². The van der Waals surface area contributed by atoms with E-state index in [1.54, 1.807) is 6.07 Å². The molecule has 1 fully saturated rings. The Morgan fingerprint density at radius 2 is 1.92 bits per heavy atom. The fourth-order valence-corrected chi connectivity index (χ4v) is 7.80. The summed E-state index contributed by atoms with van der Waals surface area (Å²) in [6, 6.07) is 19.1. The Morgan fingerprint density at radius 3 is 2.57 bits per heavy atom. The third-order valence-electron chi connectivity index (χ3n) is 10.0. The van der Waals surface area contributed by atoms with E-state index in [0.717, 1.165) is 32.1 Å². The molecule has 5 atom stereocenters. The van der Waals surface area contributed by atoms with Gasteiger partial charge in [-0.25, -0.2) is 8.78 Å². The van der Waals surface area contributed by atoms with E-state index < -0.39 is 59.1 Å². The van der Waals surface area contributed by atoms with Gasteiger partial charge < -0.3 is 20.8 Å². The van der Waals surface area contributed by atoms with Gasteiger partial charge >= 0.3 is 0 Å². The van der Waals surface area contributed by atoms with Crippen LogP contribution in [0.3, 0.4) is 0 Å². The summed E-state index contributed by atoms with van der Waals surface area (Å²) in [4.78, 5) is 16.3. The van der Waals surface area contributed by atoms with Crippen molar-refractivity contribution in [1.82, 2.24) is 15.5 Å². The highest BCUT2D eigenvalue weighted by Gasteiger charge is 2.61. The first-order chi connectivity index (χ1) is 23.4. The minimum absolute atomic E-state index is 0.000171. The van der Waals surface area contributed by atoms with Crippen LogP contribution in [0.4, 0.5) is 8.78 Å². The number of hydrogen-bond acceptors (Lipinski definition) is 6. The average molecular weight is 712 g/mol. The molecular weight excluding hydrogens is 669 g/mol. The zero-order chi connectivity index (χ0) is 35.3. The molecule has 2 aliphatic heterocycles. The second-order valence-corrected chi connectivity index (χ2v) is 14.5. The van der Waals surface area contributed by atoms with Crippen molar-refractivity contribution in [2.24, 2.45) is 5.41 Å². The summed E-state index contributed by atoms with van der Waals surface area (Å²) in [5.41, 5.74) is 0.120. The molecule has 0 bridgehead atoms. The van der Waals surface area contributed by atoms with Crippen molar-refractivity contribution in [3.8, 4) is 6.07 Å². The quantitative estimate of drug-likeness (QED) is 0.165. The number of nitrogens with one attached hydrogen (secondary N) is 2. The van der Waals surface area contributed by atoms with Crippen LogP contribution in [0.25, 0.3) is 0 Å². The standard InChI is InChI=1S/C38H42Cl2F2N4O3/c1-37(2,25-14-17-46(18-15-25)21-24-7-4-3-5-8-24)20-32-38(23-43,29-12-11-26(39)19-31(29)41)33(28-9-6-10-30(40)34(28)42)35(45-32)36(49)44-16-13-27(48)22-47/h3-12,14,19,27,32-33,35,45,47-48H,13,15-18,20-22H2,1-2H3,(H,44,49)/t27-,32-,33-,35+,38-/m0/s1. The van der Waals surface area contributed by atoms with Crippen LogP contribution in [0.15, 0.2) is 78.4 Å². The highest BCUT2D eigenvalue weighted by atomic mass is 35.5. The number of nitriles is 1. The van der Waals surface area contributed by atoms with Crippen molar-refractivity contribution >= 4 is 29.1 Å². The van der Waals surface area contributed by atoms with Gasteiger partial charge in [0.2, 0.25) is 5.91 Å². The highest BCUT2D eigenvalue weighted by molar-refractivity contribution is 6.31. The molecule has 49 heavy (non-hydrogen) atoms. The molecule has 5 rings (SSSR count). The molecule has 0 radical (unpaired) electrons. The van der Waals surface area contributed by atoms with E-state index in [9.17, 15) is 20.3 Å². The van der Waals surface area contributed by atoms with Crippen LogP contribution in [0.2, 0.25) is 10.0 Å². The maximum Gasteiger partial charge on any atom is 0.237 e. The van der Waals surface area contributed by atoms with Crippen molar-refractivity contribution in [1.29, 1.82) is 5.26 Å². The van der Waals surface area contributed by atoms with E-state index in [2.05, 4.69) is 53.7 Å². The van der Waals surface area contributed by atoms with Gasteiger partial charge in [-0.05, 0) is 54.0 Å². The fourth-order valence-electron chi connectivity index (χ4n) is 7.46. The zero-order valence-corrected chi connectivity index (χ0v) is 29.1. The van der Waals surface area contributed by atoms with Crippen LogP contribution in [0, 0.1) is 28.4 Å². The molecule has 7 nitrogen and oxygen atoms in total. The van der Waals surface area contributed by atoms with Gasteiger partial charge in [-0.15, -0.1) is 0 Å². The number of nitrogens with zero attached hydrogens (tertiary/aromatic N) is 2. The second kappa shape index (κ2) is 15.7. The summed E-state index contributed by atoms with van der Waals surface area (Å²) in [5, 5.41) is 36.4. The maximum atomic E-state index is 16.1. The predicted octanol–water partition coefficient (Wildman–Crippen LogP) is 6.27. The average Bonchev–Trinajstić information content (AvgIpc) is 3.40. The molecule has 1 amide bonds. The van der Waals surface area contributed by atoms with Gasteiger partial charge in [0.15, 0.2) is 0 Å². The van der Waals surface area contributed by atoms with Gasteiger partial charge in [0, 0.05) is 48.7 Å². The Labute approximate surface area is 296 Å². The fraction of sp³-hybridized carbons (Fsp3) is 0.421. The first-order valence-electron chi connectivity index (χ1n) is 16.5. The smallest absolute Gasteiger partial charge is 0.237 e. The third-order valence-corrected chi connectivity index (χ3v) is 10.6. The largest absolute Gasteiger partial charge is 0.394 e. The van der Waals surface area contributed by atoms with E-state index in [0.29, 0.717) is 6.42 Å². The van der Waals surface area contributed by atoms with Gasteiger partial charge in [-0.1, -0.05) is 97.2 Å². The lowest BCUT2D eigenvalue weighted by atomic mass is 9.61. The molecule has 0 aromatic heterocycles. The number of aliphatic hydroxyl groups excluding tert-OH is 2. The first kappa shape index (κ1) is 36.9. The molecular formula is C38H42Cl2F2N4O3. The normalized spacial score (nSPS) is 23.5. The molecule has 2 heterocycles. The monoisotopic (exact) mass is 710 g/mol. The van der Waals surface area contributed by atoms with E-state index in [1.807, 2.05) is 18.2 Å². The molecule has 2 aliphatic rings. The minimum atomic E-state index is -1.78. The molecule has 0 unspecified atom stereocenters. The van der Waals surface area contributed by atoms with E-state index in [4.69, 9.17) is 23.2 Å². The molecule has 4 N–H and O–H groups in total. The predicted molar refractivity (Wildman–Crippen MR) is 187 cm³/mol. The molecule has 260 valence electrons. The van der Waals surface area contributed by atoms with Crippen LogP contribution in [0.5, 0.6) is 0 Å². The highest BCUT2D eigenvalue weighted by Crippen LogP contribution is 2.53.